The summed E-state index contributed by atoms with van der Waals surface area (Å²) in [6.07, 6.45) is -4.56. The van der Waals surface area contributed by atoms with Crippen molar-refractivity contribution in [2.45, 2.75) is 6.18 Å². The number of fused-ring (bicyclic) bond motifs is 1. The lowest BCUT2D eigenvalue weighted by atomic mass is 9.98. The fraction of sp³-hybridized carbons (Fsp3) is 0.105. The van der Waals surface area contributed by atoms with Gasteiger partial charge in [-0.3, -0.25) is 9.59 Å². The number of aliphatic carboxylic acids is 1. The highest BCUT2D eigenvalue weighted by atomic mass is 19.4. The van der Waals surface area contributed by atoms with Crippen LogP contribution in [0.1, 0.15) is 15.9 Å². The lowest BCUT2D eigenvalue weighted by Crippen LogP contribution is -2.29. The van der Waals surface area contributed by atoms with Gasteiger partial charge in [-0.2, -0.15) is 13.2 Å². The minimum absolute atomic E-state index is 0.100. The van der Waals surface area contributed by atoms with Crippen LogP contribution in [0.5, 0.6) is 5.95 Å². The van der Waals surface area contributed by atoms with E-state index in [-0.39, 0.29) is 21.9 Å². The van der Waals surface area contributed by atoms with Gasteiger partial charge in [0.2, 0.25) is 0 Å². The third kappa shape index (κ3) is 4.05. The number of carboxylic acid groups (broad SMARTS) is 1. The molecule has 7 nitrogen and oxygen atoms in total. The summed E-state index contributed by atoms with van der Waals surface area (Å²) in [5.41, 5.74) is -1.96. The summed E-state index contributed by atoms with van der Waals surface area (Å²) in [6, 6.07) is 8.27. The van der Waals surface area contributed by atoms with Gasteiger partial charge >= 0.3 is 17.8 Å². The highest BCUT2D eigenvalue weighted by molar-refractivity contribution is 6.09. The molecule has 3 rings (SSSR count). The molecule has 0 fully saturated rings. The molecule has 3 N–H and O–H groups in total. The van der Waals surface area contributed by atoms with E-state index < -0.39 is 47.3 Å². The number of amides is 1. The van der Waals surface area contributed by atoms with E-state index in [1.165, 1.54) is 30.3 Å². The molecule has 150 valence electrons. The number of aromatic hydroxyl groups is 1. The van der Waals surface area contributed by atoms with Crippen LogP contribution in [0.2, 0.25) is 0 Å². The van der Waals surface area contributed by atoms with Crippen LogP contribution >= 0.6 is 0 Å². The van der Waals surface area contributed by atoms with Gasteiger partial charge in [0.25, 0.3) is 11.9 Å². The first-order valence-electron chi connectivity index (χ1n) is 8.05. The Bertz CT molecular complexity index is 1180. The highest BCUT2D eigenvalue weighted by Gasteiger charge is 2.30. The Labute approximate surface area is 160 Å². The van der Waals surface area contributed by atoms with Crippen LogP contribution in [-0.4, -0.2) is 28.6 Å². The normalized spacial score (nSPS) is 11.4. The molecule has 0 aliphatic rings. The van der Waals surface area contributed by atoms with Crippen LogP contribution in [0, 0.1) is 0 Å². The zero-order chi connectivity index (χ0) is 21.3. The number of carboxylic acids is 1. The molecule has 0 radical (unpaired) electrons. The van der Waals surface area contributed by atoms with Gasteiger partial charge in [0.1, 0.15) is 12.1 Å². The number of rotatable bonds is 4. The first kappa shape index (κ1) is 19.9. The van der Waals surface area contributed by atoms with Gasteiger partial charge in [0, 0.05) is 5.39 Å². The summed E-state index contributed by atoms with van der Waals surface area (Å²) in [5, 5.41) is 20.4. The Morgan fingerprint density at radius 2 is 1.72 bits per heavy atom. The molecular formula is C19H12F3NO6. The molecule has 0 aliphatic heterocycles. The molecule has 3 aromatic rings. The zero-order valence-electron chi connectivity index (χ0n) is 14.4. The first-order valence-corrected chi connectivity index (χ1v) is 8.05. The number of alkyl halides is 3. The minimum Gasteiger partial charge on any atom is -0.480 e. The monoisotopic (exact) mass is 407 g/mol. The van der Waals surface area contributed by atoms with Crippen molar-refractivity contribution in [1.29, 1.82) is 0 Å². The van der Waals surface area contributed by atoms with E-state index in [0.29, 0.717) is 0 Å². The van der Waals surface area contributed by atoms with E-state index in [1.54, 1.807) is 0 Å². The smallest absolute Gasteiger partial charge is 0.416 e. The van der Waals surface area contributed by atoms with Gasteiger partial charge < -0.3 is 19.9 Å². The number of carbonyl (C=O) groups is 2. The standard InChI is InChI=1S/C19H12F3NO6/c20-19(21,22)11-3-1-2-9(6-11)10-4-5-12-13(7-10)15(18(28)29-17(12)27)16(26)23-8-14(24)25/h1-7,28H,8H2,(H,23,26)(H,24,25). The lowest BCUT2D eigenvalue weighted by molar-refractivity contribution is -0.137. The van der Waals surface area contributed by atoms with Crippen LogP contribution in [-0.2, 0) is 11.0 Å². The number of hydrogen-bond acceptors (Lipinski definition) is 5. The minimum atomic E-state index is -4.56. The molecule has 0 bridgehead atoms. The van der Waals surface area contributed by atoms with E-state index in [1.807, 2.05) is 5.32 Å². The molecule has 10 heteroatoms. The van der Waals surface area contributed by atoms with Gasteiger partial charge in [0.05, 0.1) is 10.9 Å². The van der Waals surface area contributed by atoms with Crippen LogP contribution < -0.4 is 10.9 Å². The molecule has 29 heavy (non-hydrogen) atoms. The van der Waals surface area contributed by atoms with E-state index in [9.17, 15) is 32.7 Å². The molecule has 0 atom stereocenters. The third-order valence-corrected chi connectivity index (χ3v) is 4.06. The lowest BCUT2D eigenvalue weighted by Gasteiger charge is -2.11. The maximum Gasteiger partial charge on any atom is 0.416 e. The Morgan fingerprint density at radius 1 is 1.03 bits per heavy atom. The average Bonchev–Trinajstić information content (AvgIpc) is 2.65. The second-order valence-corrected chi connectivity index (χ2v) is 5.99. The topological polar surface area (TPSA) is 117 Å². The average molecular weight is 407 g/mol. The van der Waals surface area contributed by atoms with Crippen molar-refractivity contribution in [2.24, 2.45) is 0 Å². The molecule has 0 aliphatic carbocycles. The van der Waals surface area contributed by atoms with Crippen LogP contribution in [0.4, 0.5) is 13.2 Å². The number of benzene rings is 2. The Balaban J connectivity index is 2.18. The van der Waals surface area contributed by atoms with Crippen LogP contribution in [0.25, 0.3) is 21.9 Å². The quantitative estimate of drug-likeness (QED) is 0.612. The summed E-state index contributed by atoms with van der Waals surface area (Å²) in [6.45, 7) is -0.758. The first-order chi connectivity index (χ1) is 13.6. The third-order valence-electron chi connectivity index (χ3n) is 4.06. The molecule has 0 unspecified atom stereocenters. The van der Waals surface area contributed by atoms with Gasteiger partial charge in [-0.05, 0) is 35.4 Å². The molecular weight excluding hydrogens is 395 g/mol. The van der Waals surface area contributed by atoms with Gasteiger partial charge in [0.15, 0.2) is 0 Å². The molecule has 0 saturated heterocycles. The van der Waals surface area contributed by atoms with Gasteiger partial charge in [-0.25, -0.2) is 4.79 Å². The fourth-order valence-corrected chi connectivity index (χ4v) is 2.76. The van der Waals surface area contributed by atoms with Gasteiger partial charge in [-0.15, -0.1) is 0 Å². The molecule has 0 saturated carbocycles. The van der Waals surface area contributed by atoms with Crippen molar-refractivity contribution in [1.82, 2.24) is 5.32 Å². The second kappa shape index (κ2) is 7.30. The maximum atomic E-state index is 13.0. The van der Waals surface area contributed by atoms with Crippen molar-refractivity contribution >= 4 is 22.6 Å². The summed E-state index contributed by atoms with van der Waals surface area (Å²) >= 11 is 0. The zero-order valence-corrected chi connectivity index (χ0v) is 14.4. The number of nitrogens with one attached hydrogen (secondary N) is 1. The summed E-state index contributed by atoms with van der Waals surface area (Å²) < 4.78 is 43.5. The van der Waals surface area contributed by atoms with E-state index >= 15 is 0 Å². The summed E-state index contributed by atoms with van der Waals surface area (Å²) in [7, 11) is 0. The largest absolute Gasteiger partial charge is 0.480 e. The fourth-order valence-electron chi connectivity index (χ4n) is 2.76. The predicted molar refractivity (Wildman–Crippen MR) is 94.6 cm³/mol. The summed E-state index contributed by atoms with van der Waals surface area (Å²) in [5.74, 6) is -3.41. The van der Waals surface area contributed by atoms with Crippen molar-refractivity contribution in [2.75, 3.05) is 6.54 Å². The van der Waals surface area contributed by atoms with Gasteiger partial charge in [-0.1, -0.05) is 18.2 Å². The summed E-state index contributed by atoms with van der Waals surface area (Å²) in [4.78, 5) is 34.9. The molecule has 1 heterocycles. The Kier molecular flexibility index (Phi) is 5.02. The molecule has 1 amide bonds. The van der Waals surface area contributed by atoms with E-state index in [0.717, 1.165) is 12.1 Å². The van der Waals surface area contributed by atoms with Crippen molar-refractivity contribution < 1.29 is 37.4 Å². The predicted octanol–water partition coefficient (Wildman–Crippen LogP) is 3.00. The number of carbonyl (C=O) groups excluding carboxylic acids is 1. The van der Waals surface area contributed by atoms with Crippen LogP contribution in [0.3, 0.4) is 0 Å². The molecule has 1 aromatic heterocycles. The van der Waals surface area contributed by atoms with E-state index in [2.05, 4.69) is 4.42 Å². The molecule has 0 spiro atoms. The number of halogens is 3. The SMILES string of the molecule is O=C(O)CNC(=O)c1c(O)oc(=O)c2ccc(-c3cccc(C(F)(F)F)c3)cc12. The van der Waals surface area contributed by atoms with Crippen molar-refractivity contribution in [3.05, 3.63) is 64.0 Å². The molecule has 2 aromatic carbocycles. The second-order valence-electron chi connectivity index (χ2n) is 5.99. The Hall–Kier alpha value is -3.82. The van der Waals surface area contributed by atoms with Crippen molar-refractivity contribution in [3.63, 3.8) is 0 Å². The van der Waals surface area contributed by atoms with Crippen molar-refractivity contribution in [3.8, 4) is 17.1 Å². The van der Waals surface area contributed by atoms with Crippen LogP contribution in [0.15, 0.2) is 51.7 Å². The maximum absolute atomic E-state index is 13.0. The Morgan fingerprint density at radius 3 is 2.38 bits per heavy atom. The number of hydrogen-bond donors (Lipinski definition) is 3. The highest BCUT2D eigenvalue weighted by Crippen LogP contribution is 2.34. The van der Waals surface area contributed by atoms with E-state index in [4.69, 9.17) is 5.11 Å².